The molecule has 0 saturated heterocycles. The molecule has 0 rings (SSSR count). The van der Waals surface area contributed by atoms with Gasteiger partial charge in [-0.15, -0.1) is 6.58 Å². The highest BCUT2D eigenvalue weighted by Gasteiger charge is 1.92. The molecule has 0 heterocycles. The highest BCUT2D eigenvalue weighted by molar-refractivity contribution is 4.93. The van der Waals surface area contributed by atoms with Crippen LogP contribution in [0.1, 0.15) is 26.2 Å². The normalized spacial score (nSPS) is 9.55. The van der Waals surface area contributed by atoms with Gasteiger partial charge in [0.25, 0.3) is 0 Å². The maximum Gasteiger partial charge on any atom is 0.0678 e. The van der Waals surface area contributed by atoms with Crippen LogP contribution in [0.2, 0.25) is 0 Å². The van der Waals surface area contributed by atoms with E-state index in [0.29, 0.717) is 13.2 Å². The van der Waals surface area contributed by atoms with Gasteiger partial charge >= 0.3 is 0 Å². The quantitative estimate of drug-likeness (QED) is 0.404. The first-order valence-electron chi connectivity index (χ1n) is 4.16. The van der Waals surface area contributed by atoms with Gasteiger partial charge in [0.05, 0.1) is 13.2 Å². The van der Waals surface area contributed by atoms with Crippen LogP contribution in [0.25, 0.3) is 0 Å². The smallest absolute Gasteiger partial charge is 0.0678 e. The van der Waals surface area contributed by atoms with E-state index >= 15 is 0 Å². The summed E-state index contributed by atoms with van der Waals surface area (Å²) in [6, 6.07) is 0. The monoisotopic (exact) mass is 154 g/mol. The lowest BCUT2D eigenvalue weighted by molar-refractivity contribution is 0.184. The van der Waals surface area contributed by atoms with Crippen LogP contribution in [0.4, 0.5) is 0 Å². The van der Waals surface area contributed by atoms with Gasteiger partial charge in [0.15, 0.2) is 0 Å². The Hall–Kier alpha value is -0.560. The third-order valence-electron chi connectivity index (χ3n) is 1.43. The lowest BCUT2D eigenvalue weighted by Gasteiger charge is -2.03. The predicted octanol–water partition coefficient (Wildman–Crippen LogP) is 2.94. The second-order valence-corrected chi connectivity index (χ2v) is 2.66. The van der Waals surface area contributed by atoms with Crippen LogP contribution in [0.15, 0.2) is 24.8 Å². The topological polar surface area (TPSA) is 9.23 Å². The summed E-state index contributed by atoms with van der Waals surface area (Å²) < 4.78 is 5.22. The molecule has 0 aliphatic heterocycles. The minimum absolute atomic E-state index is 0.630. The average molecular weight is 154 g/mol. The first-order chi connectivity index (χ1) is 5.31. The van der Waals surface area contributed by atoms with E-state index in [4.69, 9.17) is 4.74 Å². The summed E-state index contributed by atoms with van der Waals surface area (Å²) in [4.78, 5) is 0. The molecule has 0 aromatic heterocycles. The summed E-state index contributed by atoms with van der Waals surface area (Å²) in [6.07, 6.45) is 5.29. The van der Waals surface area contributed by atoms with Gasteiger partial charge in [0.2, 0.25) is 0 Å². The second-order valence-electron chi connectivity index (χ2n) is 2.66. The van der Waals surface area contributed by atoms with Gasteiger partial charge < -0.3 is 4.74 Å². The summed E-state index contributed by atoms with van der Waals surface area (Å²) in [5, 5.41) is 0. The van der Waals surface area contributed by atoms with Crippen LogP contribution >= 0.6 is 0 Å². The van der Waals surface area contributed by atoms with Crippen molar-refractivity contribution in [2.75, 3.05) is 13.2 Å². The van der Waals surface area contributed by atoms with E-state index in [0.717, 1.165) is 6.42 Å². The molecule has 64 valence electrons. The molecule has 11 heavy (non-hydrogen) atoms. The molecule has 1 heteroatoms. The Morgan fingerprint density at radius 2 is 2.27 bits per heavy atom. The largest absolute Gasteiger partial charge is 0.373 e. The van der Waals surface area contributed by atoms with Crippen LogP contribution in [-0.4, -0.2) is 13.2 Å². The van der Waals surface area contributed by atoms with Crippen molar-refractivity contribution in [3.8, 4) is 0 Å². The Morgan fingerprint density at radius 3 is 2.82 bits per heavy atom. The summed E-state index contributed by atoms with van der Waals surface area (Å²) in [7, 11) is 0. The second kappa shape index (κ2) is 7.55. The molecule has 0 saturated carbocycles. The maximum atomic E-state index is 5.22. The van der Waals surface area contributed by atoms with Crippen LogP contribution in [-0.2, 0) is 4.74 Å². The molecule has 0 aromatic rings. The molecule has 0 atom stereocenters. The number of rotatable bonds is 7. The van der Waals surface area contributed by atoms with Gasteiger partial charge in [-0.25, -0.2) is 0 Å². The lowest BCUT2D eigenvalue weighted by atomic mass is 10.1. The molecule has 0 unspecified atom stereocenters. The van der Waals surface area contributed by atoms with Crippen molar-refractivity contribution < 1.29 is 4.74 Å². The number of hydrogen-bond donors (Lipinski definition) is 0. The van der Waals surface area contributed by atoms with E-state index < -0.39 is 0 Å². The van der Waals surface area contributed by atoms with E-state index in [9.17, 15) is 0 Å². The summed E-state index contributed by atoms with van der Waals surface area (Å²) in [5.74, 6) is 0. The molecule has 0 fully saturated rings. The summed E-state index contributed by atoms with van der Waals surface area (Å²) in [6.45, 7) is 11.0. The molecule has 0 amide bonds. The first-order valence-corrected chi connectivity index (χ1v) is 4.16. The van der Waals surface area contributed by atoms with Crippen molar-refractivity contribution in [2.24, 2.45) is 0 Å². The van der Waals surface area contributed by atoms with Gasteiger partial charge in [0, 0.05) is 0 Å². The van der Waals surface area contributed by atoms with Crippen molar-refractivity contribution in [2.45, 2.75) is 26.2 Å². The number of hydrogen-bond acceptors (Lipinski definition) is 1. The van der Waals surface area contributed by atoms with Crippen LogP contribution in [0, 0.1) is 0 Å². The van der Waals surface area contributed by atoms with Crippen LogP contribution in [0.3, 0.4) is 0 Å². The zero-order valence-electron chi connectivity index (χ0n) is 7.44. The average Bonchev–Trinajstić information content (AvgIpc) is 2.01. The van der Waals surface area contributed by atoms with E-state index in [1.165, 1.54) is 18.4 Å². The Bertz CT molecular complexity index is 116. The third-order valence-corrected chi connectivity index (χ3v) is 1.43. The van der Waals surface area contributed by atoms with Crippen molar-refractivity contribution >= 4 is 0 Å². The maximum absolute atomic E-state index is 5.22. The highest BCUT2D eigenvalue weighted by Crippen LogP contribution is 2.04. The van der Waals surface area contributed by atoms with Gasteiger partial charge in [-0.3, -0.25) is 0 Å². The molecule has 0 N–H and O–H groups in total. The zero-order chi connectivity index (χ0) is 8.53. The molecule has 0 aromatic carbocycles. The van der Waals surface area contributed by atoms with Gasteiger partial charge in [-0.2, -0.15) is 0 Å². The Labute approximate surface area is 69.8 Å². The minimum atomic E-state index is 0.630. The fourth-order valence-corrected chi connectivity index (χ4v) is 0.786. The minimum Gasteiger partial charge on any atom is -0.373 e. The third kappa shape index (κ3) is 7.34. The predicted molar refractivity (Wildman–Crippen MR) is 49.7 cm³/mol. The van der Waals surface area contributed by atoms with Crippen molar-refractivity contribution in [1.29, 1.82) is 0 Å². The molecule has 0 bridgehead atoms. The molecular weight excluding hydrogens is 136 g/mol. The molecule has 1 nitrogen and oxygen atoms in total. The molecular formula is C10H18O. The standard InChI is InChI=1S/C10H18O/c1-4-6-7-10(3)9-11-8-5-2/h5H,2-4,6-9H2,1H3. The van der Waals surface area contributed by atoms with Crippen molar-refractivity contribution in [3.63, 3.8) is 0 Å². The molecule has 0 radical (unpaired) electrons. The van der Waals surface area contributed by atoms with Crippen LogP contribution in [0.5, 0.6) is 0 Å². The zero-order valence-corrected chi connectivity index (χ0v) is 7.44. The van der Waals surface area contributed by atoms with Crippen molar-refractivity contribution in [1.82, 2.24) is 0 Å². The van der Waals surface area contributed by atoms with Gasteiger partial charge in [-0.1, -0.05) is 31.6 Å². The van der Waals surface area contributed by atoms with E-state index in [1.54, 1.807) is 6.08 Å². The van der Waals surface area contributed by atoms with Crippen molar-refractivity contribution in [3.05, 3.63) is 24.8 Å². The Balaban J connectivity index is 3.15. The molecule has 0 aliphatic carbocycles. The Kier molecular flexibility index (Phi) is 7.16. The van der Waals surface area contributed by atoms with E-state index in [2.05, 4.69) is 20.1 Å². The molecule has 0 spiro atoms. The lowest BCUT2D eigenvalue weighted by Crippen LogP contribution is -1.96. The first kappa shape index (κ1) is 10.4. The van der Waals surface area contributed by atoms with Gasteiger partial charge in [0.1, 0.15) is 0 Å². The van der Waals surface area contributed by atoms with Gasteiger partial charge in [-0.05, 0) is 12.8 Å². The van der Waals surface area contributed by atoms with Crippen LogP contribution < -0.4 is 0 Å². The SMILES string of the molecule is C=CCOCC(=C)CCCC. The number of unbranched alkanes of at least 4 members (excludes halogenated alkanes) is 1. The fourth-order valence-electron chi connectivity index (χ4n) is 0.786. The Morgan fingerprint density at radius 1 is 1.55 bits per heavy atom. The fraction of sp³-hybridized carbons (Fsp3) is 0.600. The van der Waals surface area contributed by atoms with E-state index in [-0.39, 0.29) is 0 Å². The highest BCUT2D eigenvalue weighted by atomic mass is 16.5. The number of ether oxygens (including phenoxy) is 1. The summed E-state index contributed by atoms with van der Waals surface area (Å²) in [5.41, 5.74) is 1.19. The van der Waals surface area contributed by atoms with E-state index in [1.807, 2.05) is 0 Å². The summed E-state index contributed by atoms with van der Waals surface area (Å²) >= 11 is 0. The molecule has 0 aliphatic rings.